The van der Waals surface area contributed by atoms with Crippen LogP contribution in [-0.4, -0.2) is 60.1 Å². The first-order valence-electron chi connectivity index (χ1n) is 6.55. The van der Waals surface area contributed by atoms with Crippen LogP contribution in [0.3, 0.4) is 0 Å². The average molecular weight is 314 g/mol. The van der Waals surface area contributed by atoms with E-state index in [0.29, 0.717) is 6.42 Å². The van der Waals surface area contributed by atoms with E-state index in [4.69, 9.17) is 10.8 Å². The Morgan fingerprint density at radius 3 is 2.71 bits per heavy atom. The maximum absolute atomic E-state index is 12.5. The van der Waals surface area contributed by atoms with Gasteiger partial charge in [-0.15, -0.1) is 0 Å². The first-order chi connectivity index (χ1) is 9.84. The Morgan fingerprint density at radius 1 is 1.43 bits per heavy atom. The van der Waals surface area contributed by atoms with Gasteiger partial charge in [-0.3, -0.25) is 4.79 Å². The number of aliphatic hydroxyl groups excluding tert-OH is 1. The highest BCUT2D eigenvalue weighted by molar-refractivity contribution is 7.91. The number of amides is 1. The molecule has 0 bridgehead atoms. The number of nitrogens with two attached hydrogens (primary N) is 1. The molecule has 0 radical (unpaired) electrons. The zero-order chi connectivity index (χ0) is 15.6. The molecule has 7 nitrogen and oxygen atoms in total. The number of carbonyl (C=O) groups excluding carboxylic acids is 1. The van der Waals surface area contributed by atoms with Crippen molar-refractivity contribution < 1.29 is 23.4 Å². The molecule has 1 aromatic rings. The van der Waals surface area contributed by atoms with Gasteiger partial charge in [0.15, 0.2) is 9.84 Å². The maximum atomic E-state index is 12.5. The second-order valence-corrected chi connectivity index (χ2v) is 7.28. The number of hydrogen-bond acceptors (Lipinski definition) is 6. The van der Waals surface area contributed by atoms with Crippen molar-refractivity contribution in [2.75, 3.05) is 30.4 Å². The molecular weight excluding hydrogens is 296 g/mol. The van der Waals surface area contributed by atoms with Crippen LogP contribution in [0.4, 0.5) is 5.69 Å². The summed E-state index contributed by atoms with van der Waals surface area (Å²) in [5, 5.41) is 18.6. The highest BCUT2D eigenvalue weighted by atomic mass is 32.2. The highest BCUT2D eigenvalue weighted by Crippen LogP contribution is 2.24. The van der Waals surface area contributed by atoms with Gasteiger partial charge < -0.3 is 20.8 Å². The lowest BCUT2D eigenvalue weighted by atomic mass is 10.1. The average Bonchev–Trinajstić information content (AvgIpc) is 2.78. The SMILES string of the molecule is Nc1ccc(O)cc1C(=O)N(CCO)C1CCS(=O)(=O)C1. The summed E-state index contributed by atoms with van der Waals surface area (Å²) in [7, 11) is -3.15. The van der Waals surface area contributed by atoms with Gasteiger partial charge in [-0.05, 0) is 24.6 Å². The third-order valence-corrected chi connectivity index (χ3v) is 5.27. The molecule has 1 aromatic carbocycles. The minimum Gasteiger partial charge on any atom is -0.508 e. The van der Waals surface area contributed by atoms with Crippen LogP contribution in [0.15, 0.2) is 18.2 Å². The van der Waals surface area contributed by atoms with Gasteiger partial charge >= 0.3 is 0 Å². The van der Waals surface area contributed by atoms with Crippen molar-refractivity contribution in [2.24, 2.45) is 0 Å². The summed E-state index contributed by atoms with van der Waals surface area (Å²) in [6, 6.07) is 3.54. The van der Waals surface area contributed by atoms with E-state index < -0.39 is 21.8 Å². The summed E-state index contributed by atoms with van der Waals surface area (Å²) >= 11 is 0. The van der Waals surface area contributed by atoms with Crippen molar-refractivity contribution in [3.63, 3.8) is 0 Å². The molecule has 0 aromatic heterocycles. The number of benzene rings is 1. The standard InChI is InChI=1S/C13H18N2O5S/c14-12-2-1-10(17)7-11(12)13(18)15(4-5-16)9-3-6-21(19,20)8-9/h1-2,7,9,16-17H,3-6,8,14H2. The minimum absolute atomic E-state index is 0.0219. The zero-order valence-corrected chi connectivity index (χ0v) is 12.2. The molecule has 1 unspecified atom stereocenters. The fourth-order valence-corrected chi connectivity index (χ4v) is 4.19. The Bertz CT molecular complexity index is 644. The number of aromatic hydroxyl groups is 1. The fraction of sp³-hybridized carbons (Fsp3) is 0.462. The molecule has 2 rings (SSSR count). The van der Waals surface area contributed by atoms with Gasteiger partial charge in [0.1, 0.15) is 5.75 Å². The predicted octanol–water partition coefficient (Wildman–Crippen LogP) is -0.404. The van der Waals surface area contributed by atoms with Crippen LogP contribution in [0, 0.1) is 0 Å². The summed E-state index contributed by atoms with van der Waals surface area (Å²) in [4.78, 5) is 13.8. The molecule has 4 N–H and O–H groups in total. The number of nitrogens with zero attached hydrogens (tertiary/aromatic N) is 1. The van der Waals surface area contributed by atoms with Gasteiger partial charge in [0.05, 0.1) is 23.7 Å². The molecule has 1 atom stereocenters. The molecule has 21 heavy (non-hydrogen) atoms. The molecule has 8 heteroatoms. The number of phenols is 1. The highest BCUT2D eigenvalue weighted by Gasteiger charge is 2.35. The second kappa shape index (κ2) is 5.90. The Kier molecular flexibility index (Phi) is 4.38. The third-order valence-electron chi connectivity index (χ3n) is 3.52. The van der Waals surface area contributed by atoms with Gasteiger partial charge in [-0.1, -0.05) is 0 Å². The normalized spacial score (nSPS) is 20.3. The number of sulfone groups is 1. The number of phenolic OH excluding ortho intramolecular Hbond substituents is 1. The largest absolute Gasteiger partial charge is 0.508 e. The fourth-order valence-electron chi connectivity index (χ4n) is 2.46. The lowest BCUT2D eigenvalue weighted by Crippen LogP contribution is -2.43. The number of nitrogen functional groups attached to an aromatic ring is 1. The minimum atomic E-state index is -3.15. The Morgan fingerprint density at radius 2 is 2.14 bits per heavy atom. The predicted molar refractivity (Wildman–Crippen MR) is 77.7 cm³/mol. The van der Waals surface area contributed by atoms with Gasteiger partial charge in [0, 0.05) is 18.3 Å². The zero-order valence-electron chi connectivity index (χ0n) is 11.4. The quantitative estimate of drug-likeness (QED) is 0.513. The van der Waals surface area contributed by atoms with Crippen LogP contribution in [-0.2, 0) is 9.84 Å². The topological polar surface area (TPSA) is 121 Å². The lowest BCUT2D eigenvalue weighted by Gasteiger charge is -2.28. The van der Waals surface area contributed by atoms with E-state index in [2.05, 4.69) is 0 Å². The van der Waals surface area contributed by atoms with E-state index in [1.807, 2.05) is 0 Å². The van der Waals surface area contributed by atoms with Crippen LogP contribution >= 0.6 is 0 Å². The van der Waals surface area contributed by atoms with Crippen molar-refractivity contribution >= 4 is 21.4 Å². The van der Waals surface area contributed by atoms with Crippen LogP contribution < -0.4 is 5.73 Å². The molecule has 1 amide bonds. The molecule has 0 spiro atoms. The van der Waals surface area contributed by atoms with Crippen molar-refractivity contribution in [1.82, 2.24) is 4.90 Å². The van der Waals surface area contributed by atoms with Crippen molar-refractivity contribution in [2.45, 2.75) is 12.5 Å². The molecular formula is C13H18N2O5S. The molecule has 1 aliphatic heterocycles. The first-order valence-corrected chi connectivity index (χ1v) is 8.37. The van der Waals surface area contributed by atoms with Crippen LogP contribution in [0.5, 0.6) is 5.75 Å². The van der Waals surface area contributed by atoms with E-state index in [1.54, 1.807) is 0 Å². The Labute approximate surface area is 122 Å². The van der Waals surface area contributed by atoms with Crippen LogP contribution in [0.2, 0.25) is 0 Å². The van der Waals surface area contributed by atoms with E-state index in [-0.39, 0.29) is 41.7 Å². The summed E-state index contributed by atoms with van der Waals surface area (Å²) in [5.74, 6) is -0.671. The molecule has 0 saturated carbocycles. The first kappa shape index (κ1) is 15.6. The van der Waals surface area contributed by atoms with Crippen molar-refractivity contribution in [1.29, 1.82) is 0 Å². The molecule has 116 valence electrons. The Balaban J connectivity index is 2.30. The number of rotatable bonds is 4. The van der Waals surface area contributed by atoms with E-state index in [0.717, 1.165) is 0 Å². The lowest BCUT2D eigenvalue weighted by molar-refractivity contribution is 0.0656. The van der Waals surface area contributed by atoms with Gasteiger partial charge in [-0.25, -0.2) is 8.42 Å². The van der Waals surface area contributed by atoms with Gasteiger partial charge in [0.2, 0.25) is 0 Å². The molecule has 1 fully saturated rings. The second-order valence-electron chi connectivity index (χ2n) is 5.05. The Hall–Kier alpha value is -1.80. The van der Waals surface area contributed by atoms with Crippen molar-refractivity contribution in [3.8, 4) is 5.75 Å². The number of hydrogen-bond donors (Lipinski definition) is 3. The summed E-state index contributed by atoms with van der Waals surface area (Å²) in [5.41, 5.74) is 6.04. The summed E-state index contributed by atoms with van der Waals surface area (Å²) < 4.78 is 23.1. The van der Waals surface area contributed by atoms with Gasteiger partial charge in [-0.2, -0.15) is 0 Å². The number of anilines is 1. The third kappa shape index (κ3) is 3.45. The molecule has 1 aliphatic rings. The van der Waals surface area contributed by atoms with Gasteiger partial charge in [0.25, 0.3) is 5.91 Å². The number of aliphatic hydroxyl groups is 1. The van der Waals surface area contributed by atoms with Crippen LogP contribution in [0.1, 0.15) is 16.8 Å². The summed E-state index contributed by atoms with van der Waals surface area (Å²) in [6.45, 7) is -0.255. The molecule has 0 aliphatic carbocycles. The van der Waals surface area contributed by atoms with Crippen molar-refractivity contribution in [3.05, 3.63) is 23.8 Å². The van der Waals surface area contributed by atoms with E-state index in [9.17, 15) is 18.3 Å². The molecule has 1 heterocycles. The monoisotopic (exact) mass is 314 g/mol. The number of carbonyl (C=O) groups is 1. The smallest absolute Gasteiger partial charge is 0.256 e. The summed E-state index contributed by atoms with van der Waals surface area (Å²) in [6.07, 6.45) is 0.340. The van der Waals surface area contributed by atoms with E-state index >= 15 is 0 Å². The van der Waals surface area contributed by atoms with E-state index in [1.165, 1.54) is 23.1 Å². The maximum Gasteiger partial charge on any atom is 0.256 e. The van der Waals surface area contributed by atoms with Crippen LogP contribution in [0.25, 0.3) is 0 Å². The molecule has 1 saturated heterocycles.